The lowest BCUT2D eigenvalue weighted by atomic mass is 10.3. The van der Waals surface area contributed by atoms with Gasteiger partial charge >= 0.3 is 0 Å². The second kappa shape index (κ2) is 11.6. The molecule has 0 fully saturated rings. The number of hydrogen-bond donors (Lipinski definition) is 2. The molecule has 1 heterocycles. The highest BCUT2D eigenvalue weighted by molar-refractivity contribution is 5.40. The van der Waals surface area contributed by atoms with Gasteiger partial charge in [0.25, 0.3) is 0 Å². The van der Waals surface area contributed by atoms with Gasteiger partial charge in [-0.25, -0.2) is 0 Å². The first-order chi connectivity index (χ1) is 14.8. The Morgan fingerprint density at radius 2 is 0.933 bits per heavy atom. The van der Waals surface area contributed by atoms with E-state index in [1.54, 1.807) is 12.1 Å². The third-order valence-electron chi connectivity index (χ3n) is 4.01. The smallest absolute Gasteiger partial charge is 0.161 e. The molecular weight excluding hydrogens is 386 g/mol. The Balaban J connectivity index is 1.60. The summed E-state index contributed by atoms with van der Waals surface area (Å²) in [7, 11) is 0. The molecule has 0 unspecified atom stereocenters. The minimum absolute atomic E-state index is 0.0634. The maximum Gasteiger partial charge on any atom is 0.161 e. The molecule has 2 N–H and O–H groups in total. The van der Waals surface area contributed by atoms with Crippen LogP contribution in [-0.4, -0.2) is 41.6 Å². The summed E-state index contributed by atoms with van der Waals surface area (Å²) in [6.45, 7) is 0.815. The Hall–Kier alpha value is -3.29. The Kier molecular flexibility index (Phi) is 8.32. The van der Waals surface area contributed by atoms with Crippen LogP contribution in [0.1, 0.15) is 11.4 Å². The molecule has 2 aromatic carbocycles. The van der Waals surface area contributed by atoms with Crippen LogP contribution in [0.15, 0.2) is 66.7 Å². The van der Waals surface area contributed by atoms with Gasteiger partial charge in [-0.05, 0) is 36.4 Å². The van der Waals surface area contributed by atoms with E-state index >= 15 is 0 Å². The van der Waals surface area contributed by atoms with Crippen LogP contribution >= 0.6 is 0 Å². The lowest BCUT2D eigenvalue weighted by Crippen LogP contribution is -2.07. The first-order valence-electron chi connectivity index (χ1n) is 9.66. The van der Waals surface area contributed by atoms with Crippen molar-refractivity contribution in [1.82, 2.24) is 4.98 Å². The number of nitrogens with zero attached hydrogens (tertiary/aromatic N) is 1. The van der Waals surface area contributed by atoms with Gasteiger partial charge < -0.3 is 29.2 Å². The number of rotatable bonds is 12. The molecule has 3 aromatic rings. The Morgan fingerprint density at radius 1 is 0.533 bits per heavy atom. The number of pyridine rings is 1. The number of hydrogen-bond acceptors (Lipinski definition) is 7. The van der Waals surface area contributed by atoms with E-state index in [4.69, 9.17) is 29.2 Å². The van der Waals surface area contributed by atoms with Crippen LogP contribution in [0.25, 0.3) is 0 Å². The highest BCUT2D eigenvalue weighted by Crippen LogP contribution is 2.28. The van der Waals surface area contributed by atoms with Crippen molar-refractivity contribution in [2.75, 3.05) is 26.4 Å². The van der Waals surface area contributed by atoms with Gasteiger partial charge in [0.2, 0.25) is 0 Å². The predicted octanol–water partition coefficient (Wildman–Crippen LogP) is 2.98. The van der Waals surface area contributed by atoms with E-state index in [0.29, 0.717) is 23.0 Å². The molecule has 0 spiro atoms. The van der Waals surface area contributed by atoms with Crippen LogP contribution in [0.2, 0.25) is 0 Å². The molecule has 0 aliphatic heterocycles. The average Bonchev–Trinajstić information content (AvgIpc) is 2.80. The van der Waals surface area contributed by atoms with Gasteiger partial charge in [0.15, 0.2) is 23.0 Å². The van der Waals surface area contributed by atoms with Crippen LogP contribution in [0.5, 0.6) is 23.0 Å². The summed E-state index contributed by atoms with van der Waals surface area (Å²) in [5, 5.41) is 17.9. The zero-order chi connectivity index (χ0) is 21.0. The Bertz CT molecular complexity index is 847. The number of para-hydroxylation sites is 4. The summed E-state index contributed by atoms with van der Waals surface area (Å²) in [5.41, 5.74) is 1.50. The molecule has 0 saturated heterocycles. The molecular formula is C23H25NO6. The quantitative estimate of drug-likeness (QED) is 0.473. The lowest BCUT2D eigenvalue weighted by Gasteiger charge is -2.13. The molecule has 0 aliphatic carbocycles. The van der Waals surface area contributed by atoms with E-state index < -0.39 is 0 Å². The number of benzene rings is 2. The fourth-order valence-electron chi connectivity index (χ4n) is 2.68. The summed E-state index contributed by atoms with van der Waals surface area (Å²) in [6, 6.07) is 20.2. The van der Waals surface area contributed by atoms with E-state index in [2.05, 4.69) is 4.98 Å². The van der Waals surface area contributed by atoms with Crippen molar-refractivity contribution in [3.05, 3.63) is 78.1 Å². The zero-order valence-electron chi connectivity index (χ0n) is 16.6. The number of aromatic nitrogens is 1. The number of ether oxygens (including phenoxy) is 4. The van der Waals surface area contributed by atoms with Crippen LogP contribution in [-0.2, 0) is 13.2 Å². The molecule has 158 valence electrons. The van der Waals surface area contributed by atoms with Crippen molar-refractivity contribution >= 4 is 0 Å². The molecule has 1 aromatic heterocycles. The Labute approximate surface area is 175 Å². The van der Waals surface area contributed by atoms with Crippen molar-refractivity contribution in [1.29, 1.82) is 0 Å². The van der Waals surface area contributed by atoms with E-state index in [-0.39, 0.29) is 39.6 Å². The molecule has 0 aliphatic rings. The summed E-state index contributed by atoms with van der Waals surface area (Å²) >= 11 is 0. The molecule has 0 bridgehead atoms. The fraction of sp³-hybridized carbons (Fsp3) is 0.261. The molecule has 0 amide bonds. The predicted molar refractivity (Wildman–Crippen MR) is 111 cm³/mol. The molecule has 0 radical (unpaired) electrons. The van der Waals surface area contributed by atoms with Crippen molar-refractivity contribution in [3.8, 4) is 23.0 Å². The van der Waals surface area contributed by atoms with E-state index in [0.717, 1.165) is 11.4 Å². The van der Waals surface area contributed by atoms with Gasteiger partial charge in [0.1, 0.15) is 26.4 Å². The average molecular weight is 411 g/mol. The van der Waals surface area contributed by atoms with Crippen LogP contribution in [0, 0.1) is 0 Å². The first kappa shape index (κ1) is 21.4. The van der Waals surface area contributed by atoms with Crippen molar-refractivity contribution in [3.63, 3.8) is 0 Å². The maximum absolute atomic E-state index is 8.94. The van der Waals surface area contributed by atoms with E-state index in [1.165, 1.54) is 0 Å². The van der Waals surface area contributed by atoms with Crippen LogP contribution in [0.4, 0.5) is 0 Å². The number of aliphatic hydroxyl groups is 2. The first-order valence-corrected chi connectivity index (χ1v) is 9.66. The normalized spacial score (nSPS) is 10.5. The van der Waals surface area contributed by atoms with Gasteiger partial charge in [-0.2, -0.15) is 0 Å². The maximum atomic E-state index is 8.94. The van der Waals surface area contributed by atoms with Gasteiger partial charge in [-0.1, -0.05) is 30.3 Å². The van der Waals surface area contributed by atoms with Gasteiger partial charge in [0, 0.05) is 0 Å². The highest BCUT2D eigenvalue weighted by Gasteiger charge is 2.08. The van der Waals surface area contributed by atoms with Crippen molar-refractivity contribution in [2.45, 2.75) is 13.2 Å². The standard InChI is InChI=1S/C23H25NO6/c25-12-14-27-20-8-1-3-10-22(20)29-16-18-6-5-7-19(24-18)17-30-23-11-4-2-9-21(23)28-15-13-26/h1-11,25-26H,12-17H2. The largest absolute Gasteiger partial charge is 0.487 e. The number of aliphatic hydroxyl groups excluding tert-OH is 2. The van der Waals surface area contributed by atoms with Crippen LogP contribution in [0.3, 0.4) is 0 Å². The summed E-state index contributed by atoms with van der Waals surface area (Å²) < 4.78 is 22.7. The topological polar surface area (TPSA) is 90.3 Å². The lowest BCUT2D eigenvalue weighted by molar-refractivity contribution is 0.191. The molecule has 7 nitrogen and oxygen atoms in total. The van der Waals surface area contributed by atoms with Crippen molar-refractivity contribution in [2.24, 2.45) is 0 Å². The van der Waals surface area contributed by atoms with E-state index in [1.807, 2.05) is 54.6 Å². The van der Waals surface area contributed by atoms with E-state index in [9.17, 15) is 0 Å². The summed E-state index contributed by atoms with van der Waals surface area (Å²) in [4.78, 5) is 4.57. The van der Waals surface area contributed by atoms with Gasteiger partial charge in [-0.3, -0.25) is 4.98 Å². The second-order valence-electron chi connectivity index (χ2n) is 6.24. The molecule has 0 atom stereocenters. The SMILES string of the molecule is OCCOc1ccccc1OCc1cccc(COc2ccccc2OCCO)n1. The summed E-state index contributed by atoms with van der Waals surface area (Å²) in [5.74, 6) is 2.32. The van der Waals surface area contributed by atoms with Gasteiger partial charge in [0.05, 0.1) is 24.6 Å². The monoisotopic (exact) mass is 411 g/mol. The molecule has 3 rings (SSSR count). The third kappa shape index (κ3) is 6.37. The second-order valence-corrected chi connectivity index (χ2v) is 6.24. The molecule has 30 heavy (non-hydrogen) atoms. The fourth-order valence-corrected chi connectivity index (χ4v) is 2.68. The molecule has 7 heteroatoms. The zero-order valence-corrected chi connectivity index (χ0v) is 16.6. The van der Waals surface area contributed by atoms with Crippen LogP contribution < -0.4 is 18.9 Å². The Morgan fingerprint density at radius 3 is 1.33 bits per heavy atom. The minimum atomic E-state index is -0.0634. The van der Waals surface area contributed by atoms with Gasteiger partial charge in [-0.15, -0.1) is 0 Å². The summed E-state index contributed by atoms with van der Waals surface area (Å²) in [6.07, 6.45) is 0. The highest BCUT2D eigenvalue weighted by atomic mass is 16.5. The molecule has 0 saturated carbocycles. The third-order valence-corrected chi connectivity index (χ3v) is 4.01. The van der Waals surface area contributed by atoms with Crippen molar-refractivity contribution < 1.29 is 29.2 Å². The minimum Gasteiger partial charge on any atom is -0.487 e.